The second kappa shape index (κ2) is 8.06. The van der Waals surface area contributed by atoms with Gasteiger partial charge in [0.15, 0.2) is 0 Å². The largest absolute Gasteiger partial charge is 0.390 e. The molecule has 2 aliphatic rings. The standard InChI is InChI=1S/C23H26F3N5O2/c1-13-8-19-17(12-30(13)21(32)28-16-4-5-18(24)14(9-16)10-27)20-23(25,26)7-6-15(22(2,3)33)11-31(20)29-19/h4-5,9,13,15,33H,6-8,11-12H2,1-3H3,(H,28,32). The van der Waals surface area contributed by atoms with Gasteiger partial charge >= 0.3 is 6.03 Å². The van der Waals surface area contributed by atoms with Gasteiger partial charge in [0.1, 0.15) is 17.6 Å². The molecule has 0 aliphatic carbocycles. The number of aliphatic hydroxyl groups is 1. The summed E-state index contributed by atoms with van der Waals surface area (Å²) in [6.07, 6.45) is 0.0496. The Bertz CT molecular complexity index is 1130. The Kier molecular flexibility index (Phi) is 5.65. The second-order valence-electron chi connectivity index (χ2n) is 9.47. The van der Waals surface area contributed by atoms with Crippen LogP contribution in [0.1, 0.15) is 56.1 Å². The number of halogens is 3. The number of nitriles is 1. The predicted octanol–water partition coefficient (Wildman–Crippen LogP) is 4.15. The minimum absolute atomic E-state index is 0.0489. The number of alkyl halides is 2. The first-order valence-electron chi connectivity index (χ1n) is 10.9. The third kappa shape index (κ3) is 4.29. The molecule has 2 aromatic rings. The lowest BCUT2D eigenvalue weighted by molar-refractivity contribution is -0.0336. The number of nitrogens with zero attached hydrogens (tertiary/aromatic N) is 4. The molecule has 2 N–H and O–H groups in total. The average Bonchev–Trinajstić information content (AvgIpc) is 3.01. The Morgan fingerprint density at radius 1 is 1.39 bits per heavy atom. The molecule has 2 amide bonds. The van der Waals surface area contributed by atoms with Gasteiger partial charge in [-0.2, -0.15) is 19.1 Å². The Hall–Kier alpha value is -3.06. The molecule has 0 spiro atoms. The van der Waals surface area contributed by atoms with E-state index in [2.05, 4.69) is 10.4 Å². The number of nitrogens with one attached hydrogen (secondary N) is 1. The van der Waals surface area contributed by atoms with Crippen molar-refractivity contribution in [2.24, 2.45) is 5.92 Å². The van der Waals surface area contributed by atoms with Crippen LogP contribution < -0.4 is 5.32 Å². The highest BCUT2D eigenvalue weighted by molar-refractivity contribution is 5.90. The number of aromatic nitrogens is 2. The van der Waals surface area contributed by atoms with Crippen LogP contribution in [0.5, 0.6) is 0 Å². The summed E-state index contributed by atoms with van der Waals surface area (Å²) in [5.74, 6) is -4.21. The first-order valence-corrected chi connectivity index (χ1v) is 10.9. The van der Waals surface area contributed by atoms with Gasteiger partial charge in [-0.15, -0.1) is 0 Å². The summed E-state index contributed by atoms with van der Waals surface area (Å²) in [5, 5.41) is 26.5. The van der Waals surface area contributed by atoms with Gasteiger partial charge in [0.2, 0.25) is 0 Å². The van der Waals surface area contributed by atoms with Crippen LogP contribution in [-0.2, 0) is 25.4 Å². The molecule has 2 unspecified atom stereocenters. The van der Waals surface area contributed by atoms with Gasteiger partial charge in [-0.05, 0) is 45.4 Å². The highest BCUT2D eigenvalue weighted by Crippen LogP contribution is 2.44. The monoisotopic (exact) mass is 461 g/mol. The lowest BCUT2D eigenvalue weighted by atomic mass is 9.86. The maximum atomic E-state index is 15.2. The zero-order valence-electron chi connectivity index (χ0n) is 18.7. The lowest BCUT2D eigenvalue weighted by Gasteiger charge is -2.33. The molecule has 2 aliphatic heterocycles. The molecule has 0 fully saturated rings. The highest BCUT2D eigenvalue weighted by atomic mass is 19.3. The zero-order chi connectivity index (χ0) is 24.1. The van der Waals surface area contributed by atoms with E-state index in [0.717, 1.165) is 6.07 Å². The van der Waals surface area contributed by atoms with Crippen LogP contribution in [0.2, 0.25) is 0 Å². The third-order valence-corrected chi connectivity index (χ3v) is 6.63. The number of amides is 2. The van der Waals surface area contributed by atoms with Gasteiger partial charge in [-0.3, -0.25) is 4.68 Å². The van der Waals surface area contributed by atoms with Gasteiger partial charge in [0.05, 0.1) is 23.4 Å². The Balaban J connectivity index is 1.63. The summed E-state index contributed by atoms with van der Waals surface area (Å²) in [6, 6.07) is 4.52. The van der Waals surface area contributed by atoms with E-state index in [1.165, 1.54) is 21.7 Å². The summed E-state index contributed by atoms with van der Waals surface area (Å²) >= 11 is 0. The number of urea groups is 1. The maximum absolute atomic E-state index is 15.2. The SMILES string of the molecule is CC1Cc2nn3c(c2CN1C(=O)Nc1ccc(F)c(C#N)c1)C(F)(F)CCC(C(C)(C)O)C3. The number of hydrogen-bond donors (Lipinski definition) is 2. The van der Waals surface area contributed by atoms with Crippen molar-refractivity contribution in [3.05, 3.63) is 46.5 Å². The molecule has 10 heteroatoms. The van der Waals surface area contributed by atoms with E-state index in [-0.39, 0.29) is 48.4 Å². The van der Waals surface area contributed by atoms with E-state index in [9.17, 15) is 14.3 Å². The summed E-state index contributed by atoms with van der Waals surface area (Å²) in [5.41, 5.74) is -0.413. The molecule has 0 bridgehead atoms. The van der Waals surface area contributed by atoms with E-state index in [0.29, 0.717) is 17.7 Å². The van der Waals surface area contributed by atoms with Gasteiger partial charge in [-0.25, -0.2) is 9.18 Å². The van der Waals surface area contributed by atoms with E-state index in [4.69, 9.17) is 5.26 Å². The first-order chi connectivity index (χ1) is 15.4. The highest BCUT2D eigenvalue weighted by Gasteiger charge is 2.46. The van der Waals surface area contributed by atoms with E-state index in [1.54, 1.807) is 26.8 Å². The Labute approximate surface area is 189 Å². The van der Waals surface area contributed by atoms with Crippen molar-refractivity contribution >= 4 is 11.7 Å². The molecular weight excluding hydrogens is 435 g/mol. The zero-order valence-corrected chi connectivity index (χ0v) is 18.7. The molecule has 0 saturated heterocycles. The minimum atomic E-state index is -3.14. The van der Waals surface area contributed by atoms with E-state index in [1.807, 2.05) is 0 Å². The first kappa shape index (κ1) is 23.1. The second-order valence-corrected chi connectivity index (χ2v) is 9.47. The molecular formula is C23H26F3N5O2. The van der Waals surface area contributed by atoms with Gasteiger partial charge in [0, 0.05) is 42.6 Å². The summed E-state index contributed by atoms with van der Waals surface area (Å²) in [6.45, 7) is 5.16. The smallest absolute Gasteiger partial charge is 0.322 e. The summed E-state index contributed by atoms with van der Waals surface area (Å²) < 4.78 is 45.3. The average molecular weight is 461 g/mol. The number of hydrogen-bond acceptors (Lipinski definition) is 4. The molecule has 2 atom stereocenters. The van der Waals surface area contributed by atoms with Crippen LogP contribution in [0.15, 0.2) is 18.2 Å². The fraction of sp³-hybridized carbons (Fsp3) is 0.522. The minimum Gasteiger partial charge on any atom is -0.390 e. The molecule has 1 aromatic heterocycles. The van der Waals surface area contributed by atoms with Crippen LogP contribution in [0, 0.1) is 23.1 Å². The predicted molar refractivity (Wildman–Crippen MR) is 114 cm³/mol. The number of anilines is 1. The fourth-order valence-electron chi connectivity index (χ4n) is 4.64. The number of fused-ring (bicyclic) bond motifs is 3. The van der Waals surface area contributed by atoms with E-state index >= 15 is 8.78 Å². The third-order valence-electron chi connectivity index (χ3n) is 6.63. The quantitative estimate of drug-likeness (QED) is 0.703. The molecule has 33 heavy (non-hydrogen) atoms. The van der Waals surface area contributed by atoms with Gasteiger partial charge in [0.25, 0.3) is 5.92 Å². The molecule has 1 aromatic carbocycles. The van der Waals surface area contributed by atoms with Crippen LogP contribution in [-0.4, -0.2) is 37.5 Å². The van der Waals surface area contributed by atoms with Crippen molar-refractivity contribution in [1.29, 1.82) is 5.26 Å². The molecule has 3 heterocycles. The molecule has 0 saturated carbocycles. The van der Waals surface area contributed by atoms with Crippen LogP contribution in [0.25, 0.3) is 0 Å². The molecule has 4 rings (SSSR count). The molecule has 7 nitrogen and oxygen atoms in total. The summed E-state index contributed by atoms with van der Waals surface area (Å²) in [4.78, 5) is 14.4. The van der Waals surface area contributed by atoms with Gasteiger partial charge in [-0.1, -0.05) is 0 Å². The van der Waals surface area contributed by atoms with Crippen LogP contribution >= 0.6 is 0 Å². The topological polar surface area (TPSA) is 94.2 Å². The van der Waals surface area contributed by atoms with Crippen molar-refractivity contribution in [2.45, 2.75) is 70.7 Å². The number of rotatable bonds is 2. The Morgan fingerprint density at radius 3 is 2.79 bits per heavy atom. The number of carbonyl (C=O) groups excluding carboxylic acids is 1. The van der Waals surface area contributed by atoms with Crippen molar-refractivity contribution in [3.8, 4) is 6.07 Å². The maximum Gasteiger partial charge on any atom is 0.322 e. The van der Waals surface area contributed by atoms with Crippen LogP contribution in [0.4, 0.5) is 23.7 Å². The van der Waals surface area contributed by atoms with Crippen molar-refractivity contribution < 1.29 is 23.1 Å². The Morgan fingerprint density at radius 2 is 2.12 bits per heavy atom. The number of carbonyl (C=O) groups is 1. The number of benzene rings is 1. The lowest BCUT2D eigenvalue weighted by Crippen LogP contribution is -2.45. The van der Waals surface area contributed by atoms with E-state index < -0.39 is 29.8 Å². The van der Waals surface area contributed by atoms with Crippen LogP contribution in [0.3, 0.4) is 0 Å². The normalized spacial score (nSPS) is 22.1. The fourth-order valence-corrected chi connectivity index (χ4v) is 4.64. The van der Waals surface area contributed by atoms with Crippen molar-refractivity contribution in [3.63, 3.8) is 0 Å². The summed E-state index contributed by atoms with van der Waals surface area (Å²) in [7, 11) is 0. The van der Waals surface area contributed by atoms with Crippen molar-refractivity contribution in [2.75, 3.05) is 5.32 Å². The molecule has 0 radical (unpaired) electrons. The van der Waals surface area contributed by atoms with Gasteiger partial charge < -0.3 is 15.3 Å². The molecule has 176 valence electrons. The van der Waals surface area contributed by atoms with Crippen molar-refractivity contribution in [1.82, 2.24) is 14.7 Å².